The number of nitrogens with one attached hydrogen (secondary N) is 2. The van der Waals surface area contributed by atoms with Gasteiger partial charge >= 0.3 is 0 Å². The van der Waals surface area contributed by atoms with Crippen molar-refractivity contribution < 1.29 is 14.4 Å². The van der Waals surface area contributed by atoms with Crippen molar-refractivity contribution in [2.45, 2.75) is 32.7 Å². The zero-order chi connectivity index (χ0) is 22.4. The molecule has 0 saturated carbocycles. The number of hydrogen-bond donors (Lipinski definition) is 2. The molecule has 3 rings (SSSR count). The average Bonchev–Trinajstić information content (AvgIpc) is 3.30. The first kappa shape index (κ1) is 23.3. The number of benzene rings is 1. The van der Waals surface area contributed by atoms with Crippen LogP contribution in [0.5, 0.6) is 0 Å². The molecule has 1 saturated heterocycles. The average molecular weight is 462 g/mol. The van der Waals surface area contributed by atoms with Gasteiger partial charge in [0.2, 0.25) is 5.91 Å². The number of carbonyl (C=O) groups is 3. The van der Waals surface area contributed by atoms with E-state index in [4.69, 9.17) is 11.6 Å². The topological polar surface area (TPSA) is 78.5 Å². The molecule has 6 nitrogen and oxygen atoms in total. The van der Waals surface area contributed by atoms with E-state index < -0.39 is 6.04 Å². The number of likely N-dealkylation sites (tertiary alicyclic amines) is 1. The van der Waals surface area contributed by atoms with Crippen molar-refractivity contribution in [3.63, 3.8) is 0 Å². The second-order valence-electron chi connectivity index (χ2n) is 8.18. The lowest BCUT2D eigenvalue weighted by molar-refractivity contribution is -0.124. The van der Waals surface area contributed by atoms with Gasteiger partial charge in [-0.15, -0.1) is 11.3 Å². The highest BCUT2D eigenvalue weighted by Crippen LogP contribution is 2.24. The molecule has 1 unspecified atom stereocenters. The van der Waals surface area contributed by atoms with Crippen LogP contribution >= 0.6 is 22.9 Å². The molecule has 31 heavy (non-hydrogen) atoms. The fraction of sp³-hybridized carbons (Fsp3) is 0.435. The standard InChI is InChI=1S/C23H28ClN3O3S/c1-15(2)14-25-22(29)20(26-21(28)17-6-3-4-7-18(17)24)16-9-11-27(12-10-16)23(30)19-8-5-13-31-19/h3-8,13,15-16,20H,9-12,14H2,1-2H3,(H,25,29)(H,26,28). The molecule has 1 atom stereocenters. The Bertz CT molecular complexity index is 909. The van der Waals surface area contributed by atoms with E-state index in [1.165, 1.54) is 11.3 Å². The first-order chi connectivity index (χ1) is 14.9. The molecule has 2 N–H and O–H groups in total. The van der Waals surface area contributed by atoms with E-state index in [2.05, 4.69) is 10.6 Å². The molecule has 3 amide bonds. The normalized spacial score (nSPS) is 15.5. The van der Waals surface area contributed by atoms with Crippen molar-refractivity contribution >= 4 is 40.7 Å². The molecule has 1 aliphatic heterocycles. The van der Waals surface area contributed by atoms with Crippen LogP contribution < -0.4 is 10.6 Å². The molecule has 2 heterocycles. The molecule has 166 valence electrons. The maximum atomic E-state index is 13.0. The fourth-order valence-corrected chi connectivity index (χ4v) is 4.58. The molecule has 0 radical (unpaired) electrons. The zero-order valence-corrected chi connectivity index (χ0v) is 19.3. The predicted octanol–water partition coefficient (Wildman–Crippen LogP) is 3.82. The number of rotatable bonds is 7. The number of nitrogens with zero attached hydrogens (tertiary/aromatic N) is 1. The summed E-state index contributed by atoms with van der Waals surface area (Å²) in [5, 5.41) is 8.08. The Balaban J connectivity index is 1.69. The van der Waals surface area contributed by atoms with Gasteiger partial charge in [0.25, 0.3) is 11.8 Å². The lowest BCUT2D eigenvalue weighted by Gasteiger charge is -2.35. The van der Waals surface area contributed by atoms with Gasteiger partial charge in [-0.25, -0.2) is 0 Å². The minimum absolute atomic E-state index is 0.0226. The zero-order valence-electron chi connectivity index (χ0n) is 17.8. The van der Waals surface area contributed by atoms with Crippen LogP contribution in [0.3, 0.4) is 0 Å². The molecule has 1 aromatic heterocycles. The summed E-state index contributed by atoms with van der Waals surface area (Å²) < 4.78 is 0. The van der Waals surface area contributed by atoms with Crippen LogP contribution in [0.4, 0.5) is 0 Å². The number of amides is 3. The molecule has 8 heteroatoms. The van der Waals surface area contributed by atoms with Gasteiger partial charge in [-0.1, -0.05) is 43.6 Å². The SMILES string of the molecule is CC(C)CNC(=O)C(NC(=O)c1ccccc1Cl)C1CCN(C(=O)c2cccs2)CC1. The van der Waals surface area contributed by atoms with Gasteiger partial charge in [-0.05, 0) is 48.3 Å². The quantitative estimate of drug-likeness (QED) is 0.657. The van der Waals surface area contributed by atoms with E-state index in [0.717, 1.165) is 4.88 Å². The van der Waals surface area contributed by atoms with E-state index in [9.17, 15) is 14.4 Å². The Morgan fingerprint density at radius 2 is 1.84 bits per heavy atom. The summed E-state index contributed by atoms with van der Waals surface area (Å²) in [4.78, 5) is 41.0. The van der Waals surface area contributed by atoms with E-state index in [1.54, 1.807) is 24.3 Å². The molecule has 2 aromatic rings. The summed E-state index contributed by atoms with van der Waals surface area (Å²) >= 11 is 7.60. The highest BCUT2D eigenvalue weighted by molar-refractivity contribution is 7.12. The minimum atomic E-state index is -0.679. The molecule has 0 bridgehead atoms. The third-order valence-corrected chi connectivity index (χ3v) is 6.59. The summed E-state index contributed by atoms with van der Waals surface area (Å²) in [6, 6.07) is 9.80. The fourth-order valence-electron chi connectivity index (χ4n) is 3.67. The van der Waals surface area contributed by atoms with Gasteiger partial charge in [0.1, 0.15) is 6.04 Å². The number of hydrogen-bond acceptors (Lipinski definition) is 4. The predicted molar refractivity (Wildman–Crippen MR) is 124 cm³/mol. The smallest absolute Gasteiger partial charge is 0.263 e. The van der Waals surface area contributed by atoms with Crippen LogP contribution in [0.25, 0.3) is 0 Å². The largest absolute Gasteiger partial charge is 0.354 e. The second-order valence-corrected chi connectivity index (χ2v) is 9.53. The van der Waals surface area contributed by atoms with Crippen molar-refractivity contribution in [1.82, 2.24) is 15.5 Å². The molecule has 1 fully saturated rings. The van der Waals surface area contributed by atoms with Gasteiger partial charge < -0.3 is 15.5 Å². The Labute approximate surface area is 192 Å². The molecule has 1 aromatic carbocycles. The summed E-state index contributed by atoms with van der Waals surface area (Å²) in [7, 11) is 0. The Kier molecular flexibility index (Phi) is 8.09. The highest BCUT2D eigenvalue weighted by Gasteiger charge is 2.34. The van der Waals surface area contributed by atoms with Crippen molar-refractivity contribution in [1.29, 1.82) is 0 Å². The summed E-state index contributed by atoms with van der Waals surface area (Å²) in [5.41, 5.74) is 0.344. The number of halogens is 1. The monoisotopic (exact) mass is 461 g/mol. The first-order valence-corrected chi connectivity index (χ1v) is 11.8. The lowest BCUT2D eigenvalue weighted by atomic mass is 9.88. The van der Waals surface area contributed by atoms with Crippen LogP contribution in [0, 0.1) is 11.8 Å². The number of piperidine rings is 1. The second kappa shape index (κ2) is 10.8. The molecule has 0 aliphatic carbocycles. The maximum absolute atomic E-state index is 13.0. The van der Waals surface area contributed by atoms with Gasteiger partial charge in [0.05, 0.1) is 15.5 Å². The lowest BCUT2D eigenvalue weighted by Crippen LogP contribution is -2.54. The van der Waals surface area contributed by atoms with Crippen molar-refractivity contribution in [2.75, 3.05) is 19.6 Å². The van der Waals surface area contributed by atoms with Crippen molar-refractivity contribution in [3.05, 3.63) is 57.2 Å². The summed E-state index contributed by atoms with van der Waals surface area (Å²) in [6.07, 6.45) is 1.28. The summed E-state index contributed by atoms with van der Waals surface area (Å²) in [6.45, 7) is 5.68. The highest BCUT2D eigenvalue weighted by atomic mass is 35.5. The third-order valence-electron chi connectivity index (χ3n) is 5.40. The maximum Gasteiger partial charge on any atom is 0.263 e. The van der Waals surface area contributed by atoms with Gasteiger partial charge in [-0.3, -0.25) is 14.4 Å². The van der Waals surface area contributed by atoms with Crippen LogP contribution in [-0.2, 0) is 4.79 Å². The number of thiophene rings is 1. The van der Waals surface area contributed by atoms with E-state index in [1.807, 2.05) is 36.3 Å². The molecule has 0 spiro atoms. The van der Waals surface area contributed by atoms with Crippen LogP contribution in [0.1, 0.15) is 46.7 Å². The minimum Gasteiger partial charge on any atom is -0.354 e. The Morgan fingerprint density at radius 1 is 1.13 bits per heavy atom. The molecular formula is C23H28ClN3O3S. The third kappa shape index (κ3) is 6.08. The van der Waals surface area contributed by atoms with Gasteiger partial charge in [-0.2, -0.15) is 0 Å². The van der Waals surface area contributed by atoms with Gasteiger partial charge in [0, 0.05) is 19.6 Å². The van der Waals surface area contributed by atoms with E-state index >= 15 is 0 Å². The Hall–Kier alpha value is -2.38. The van der Waals surface area contributed by atoms with E-state index in [0.29, 0.717) is 49.0 Å². The van der Waals surface area contributed by atoms with Crippen LogP contribution in [0.15, 0.2) is 41.8 Å². The first-order valence-electron chi connectivity index (χ1n) is 10.5. The van der Waals surface area contributed by atoms with Crippen molar-refractivity contribution in [2.24, 2.45) is 11.8 Å². The molecular weight excluding hydrogens is 434 g/mol. The molecule has 1 aliphatic rings. The van der Waals surface area contributed by atoms with Crippen LogP contribution in [-0.4, -0.2) is 48.3 Å². The Morgan fingerprint density at radius 3 is 2.45 bits per heavy atom. The van der Waals surface area contributed by atoms with E-state index in [-0.39, 0.29) is 23.6 Å². The van der Waals surface area contributed by atoms with Gasteiger partial charge in [0.15, 0.2) is 0 Å². The van der Waals surface area contributed by atoms with Crippen LogP contribution in [0.2, 0.25) is 5.02 Å². The number of carbonyl (C=O) groups excluding carboxylic acids is 3. The summed E-state index contributed by atoms with van der Waals surface area (Å²) in [5.74, 6) is -0.306. The van der Waals surface area contributed by atoms with Crippen molar-refractivity contribution in [3.8, 4) is 0 Å².